The molecule has 9 nitrogen and oxygen atoms in total. The Kier molecular flexibility index (Phi) is 6.90. The number of anilines is 1. The van der Waals surface area contributed by atoms with Gasteiger partial charge in [-0.1, -0.05) is 13.8 Å². The van der Waals surface area contributed by atoms with E-state index in [1.165, 1.54) is 23.1 Å². The zero-order chi connectivity index (χ0) is 19.1. The van der Waals surface area contributed by atoms with Crippen molar-refractivity contribution in [2.75, 3.05) is 31.3 Å². The molecule has 2 rings (SSSR count). The van der Waals surface area contributed by atoms with Crippen LogP contribution < -0.4 is 9.64 Å². The molecule has 0 saturated heterocycles. The average Bonchev–Trinajstić information content (AvgIpc) is 2.63. The lowest BCUT2D eigenvalue weighted by atomic mass is 10.1. The third-order valence-corrected chi connectivity index (χ3v) is 3.75. The number of nitro benzene ring substituents is 1. The number of rotatable bonds is 9. The molecule has 1 aromatic carbocycles. The zero-order valence-electron chi connectivity index (χ0n) is 14.8. The predicted molar refractivity (Wildman–Crippen MR) is 92.2 cm³/mol. The molecule has 1 aliphatic rings. The topological polar surface area (TPSA) is 108 Å². The maximum Gasteiger partial charge on any atom is 0.326 e. The molecule has 9 heteroatoms. The molecule has 142 valence electrons. The molecular formula is C17H22N2O7. The molecule has 0 fully saturated rings. The van der Waals surface area contributed by atoms with E-state index in [4.69, 9.17) is 14.2 Å². The van der Waals surface area contributed by atoms with E-state index in [1.54, 1.807) is 6.92 Å². The minimum Gasteiger partial charge on any atom is -0.478 e. The van der Waals surface area contributed by atoms with Crippen LogP contribution in [0.5, 0.6) is 5.75 Å². The molecule has 1 aliphatic heterocycles. The Hall–Kier alpha value is -2.68. The third kappa shape index (κ3) is 4.69. The van der Waals surface area contributed by atoms with E-state index in [2.05, 4.69) is 0 Å². The number of fused-ring (bicyclic) bond motifs is 1. The van der Waals surface area contributed by atoms with Gasteiger partial charge >= 0.3 is 5.97 Å². The Balaban J connectivity index is 2.12. The van der Waals surface area contributed by atoms with E-state index in [9.17, 15) is 19.7 Å². The van der Waals surface area contributed by atoms with Crippen molar-refractivity contribution < 1.29 is 28.7 Å². The summed E-state index contributed by atoms with van der Waals surface area (Å²) in [6.07, 6.45) is 0.528. The average molecular weight is 366 g/mol. The summed E-state index contributed by atoms with van der Waals surface area (Å²) in [6, 6.07) is 3.94. The van der Waals surface area contributed by atoms with E-state index in [0.717, 1.165) is 6.42 Å². The highest BCUT2D eigenvalue weighted by Gasteiger charge is 2.35. The first-order chi connectivity index (χ1) is 12.5. The van der Waals surface area contributed by atoms with Crippen molar-refractivity contribution in [3.8, 4) is 5.75 Å². The van der Waals surface area contributed by atoms with Gasteiger partial charge in [0, 0.05) is 18.7 Å². The molecule has 0 bridgehead atoms. The highest BCUT2D eigenvalue weighted by Crippen LogP contribution is 2.37. The number of nitro groups is 1. The molecule has 1 atom stereocenters. The van der Waals surface area contributed by atoms with Crippen LogP contribution in [0.3, 0.4) is 0 Å². The Morgan fingerprint density at radius 1 is 1.31 bits per heavy atom. The van der Waals surface area contributed by atoms with Crippen LogP contribution in [0.2, 0.25) is 0 Å². The standard InChI is InChI=1S/C17H22N2O7/c1-3-7-24-8-9-25-16(20)11-18-13-10-12(19(22)23)5-6-15(13)26-14(4-2)17(18)21/h5-6,10,14H,3-4,7-9,11H2,1-2H3. The molecule has 1 amide bonds. The fourth-order valence-electron chi connectivity index (χ4n) is 2.48. The molecule has 0 saturated carbocycles. The van der Waals surface area contributed by atoms with Gasteiger partial charge in [-0.15, -0.1) is 0 Å². The normalized spacial score (nSPS) is 16.0. The van der Waals surface area contributed by atoms with Crippen molar-refractivity contribution in [3.05, 3.63) is 28.3 Å². The summed E-state index contributed by atoms with van der Waals surface area (Å²) < 4.78 is 15.9. The van der Waals surface area contributed by atoms with Crippen molar-refractivity contribution in [1.82, 2.24) is 0 Å². The van der Waals surface area contributed by atoms with Crippen LogP contribution in [0.4, 0.5) is 11.4 Å². The highest BCUT2D eigenvalue weighted by molar-refractivity contribution is 6.03. The predicted octanol–water partition coefficient (Wildman–Crippen LogP) is 2.07. The molecule has 0 N–H and O–H groups in total. The van der Waals surface area contributed by atoms with E-state index in [-0.39, 0.29) is 31.1 Å². The molecule has 0 aromatic heterocycles. The van der Waals surface area contributed by atoms with Gasteiger partial charge in [-0.25, -0.2) is 0 Å². The molecule has 0 radical (unpaired) electrons. The van der Waals surface area contributed by atoms with Crippen molar-refractivity contribution in [3.63, 3.8) is 0 Å². The third-order valence-electron chi connectivity index (χ3n) is 3.75. The number of hydrogen-bond acceptors (Lipinski definition) is 7. The molecular weight excluding hydrogens is 344 g/mol. The number of nitrogens with zero attached hydrogens (tertiary/aromatic N) is 2. The highest BCUT2D eigenvalue weighted by atomic mass is 16.6. The van der Waals surface area contributed by atoms with Crippen molar-refractivity contribution in [2.45, 2.75) is 32.8 Å². The van der Waals surface area contributed by atoms with Gasteiger partial charge in [0.2, 0.25) is 0 Å². The van der Waals surface area contributed by atoms with Crippen LogP contribution in [0, 0.1) is 10.1 Å². The summed E-state index contributed by atoms with van der Waals surface area (Å²) in [5.74, 6) is -0.728. The number of esters is 1. The first-order valence-corrected chi connectivity index (χ1v) is 8.47. The fraction of sp³-hybridized carbons (Fsp3) is 0.529. The van der Waals surface area contributed by atoms with Crippen LogP contribution in [0.15, 0.2) is 18.2 Å². The van der Waals surface area contributed by atoms with Gasteiger partial charge < -0.3 is 14.2 Å². The maximum atomic E-state index is 12.5. The minimum atomic E-state index is -0.746. The second-order valence-electron chi connectivity index (χ2n) is 5.68. The summed E-state index contributed by atoms with van der Waals surface area (Å²) >= 11 is 0. The molecule has 1 aromatic rings. The smallest absolute Gasteiger partial charge is 0.326 e. The van der Waals surface area contributed by atoms with Crippen LogP contribution >= 0.6 is 0 Å². The van der Waals surface area contributed by atoms with Crippen molar-refractivity contribution in [1.29, 1.82) is 0 Å². The van der Waals surface area contributed by atoms with E-state index in [0.29, 0.717) is 18.8 Å². The van der Waals surface area contributed by atoms with Gasteiger partial charge in [-0.3, -0.25) is 24.6 Å². The number of carbonyl (C=O) groups is 2. The Labute approximate surface area is 151 Å². The van der Waals surface area contributed by atoms with Gasteiger partial charge in [0.1, 0.15) is 18.9 Å². The lowest BCUT2D eigenvalue weighted by molar-refractivity contribution is -0.384. The van der Waals surface area contributed by atoms with Gasteiger partial charge in [0.25, 0.3) is 11.6 Å². The van der Waals surface area contributed by atoms with Crippen molar-refractivity contribution >= 4 is 23.3 Å². The van der Waals surface area contributed by atoms with E-state index < -0.39 is 22.9 Å². The molecule has 26 heavy (non-hydrogen) atoms. The maximum absolute atomic E-state index is 12.5. The lowest BCUT2D eigenvalue weighted by Crippen LogP contribution is -2.48. The number of benzene rings is 1. The lowest BCUT2D eigenvalue weighted by Gasteiger charge is -2.33. The summed E-state index contributed by atoms with van der Waals surface area (Å²) in [5.41, 5.74) is -0.00508. The van der Waals surface area contributed by atoms with Crippen LogP contribution in [-0.2, 0) is 19.1 Å². The number of hydrogen-bond donors (Lipinski definition) is 0. The second kappa shape index (κ2) is 9.14. The first-order valence-electron chi connectivity index (χ1n) is 8.47. The number of non-ortho nitro benzene ring substituents is 1. The fourth-order valence-corrected chi connectivity index (χ4v) is 2.48. The summed E-state index contributed by atoms with van der Waals surface area (Å²) in [5, 5.41) is 11.0. The van der Waals surface area contributed by atoms with Gasteiger partial charge in [0.05, 0.1) is 17.2 Å². The van der Waals surface area contributed by atoms with Gasteiger partial charge in [-0.05, 0) is 18.9 Å². The minimum absolute atomic E-state index is 0.0797. The Bertz CT molecular complexity index is 677. The van der Waals surface area contributed by atoms with E-state index >= 15 is 0 Å². The summed E-state index contributed by atoms with van der Waals surface area (Å²) in [7, 11) is 0. The van der Waals surface area contributed by atoms with Crippen LogP contribution in [0.1, 0.15) is 26.7 Å². The largest absolute Gasteiger partial charge is 0.478 e. The van der Waals surface area contributed by atoms with Gasteiger partial charge in [0.15, 0.2) is 6.10 Å². The SMILES string of the molecule is CCCOCCOC(=O)CN1C(=O)C(CC)Oc2ccc([N+](=O)[O-])cc21. The Morgan fingerprint density at radius 3 is 2.73 bits per heavy atom. The molecule has 0 aliphatic carbocycles. The Morgan fingerprint density at radius 2 is 2.08 bits per heavy atom. The van der Waals surface area contributed by atoms with Crippen LogP contribution in [-0.4, -0.2) is 49.3 Å². The van der Waals surface area contributed by atoms with E-state index in [1.807, 2.05) is 6.92 Å². The summed E-state index contributed by atoms with van der Waals surface area (Å²) in [6.45, 7) is 4.33. The molecule has 1 unspecified atom stereocenters. The first kappa shape index (κ1) is 19.6. The summed E-state index contributed by atoms with van der Waals surface area (Å²) in [4.78, 5) is 36.2. The van der Waals surface area contributed by atoms with Gasteiger partial charge in [-0.2, -0.15) is 0 Å². The molecule has 0 spiro atoms. The quantitative estimate of drug-likeness (QED) is 0.285. The van der Waals surface area contributed by atoms with Crippen LogP contribution in [0.25, 0.3) is 0 Å². The second-order valence-corrected chi connectivity index (χ2v) is 5.68. The monoisotopic (exact) mass is 366 g/mol. The molecule has 1 heterocycles. The number of ether oxygens (including phenoxy) is 3. The number of amides is 1. The number of carbonyl (C=O) groups excluding carboxylic acids is 2. The van der Waals surface area contributed by atoms with Crippen molar-refractivity contribution in [2.24, 2.45) is 0 Å². The zero-order valence-corrected chi connectivity index (χ0v) is 14.8.